The smallest absolute Gasteiger partial charge is 0.268 e. The molecular weight excluding hydrogens is 274 g/mol. The van der Waals surface area contributed by atoms with Crippen molar-refractivity contribution in [3.05, 3.63) is 17.5 Å². The quantitative estimate of drug-likeness (QED) is 0.907. The second-order valence-corrected chi connectivity index (χ2v) is 6.46. The number of hydrogen-bond donors (Lipinski definition) is 1. The van der Waals surface area contributed by atoms with E-state index in [-0.39, 0.29) is 6.04 Å². The first kappa shape index (κ1) is 13.5. The standard InChI is InChI=1S/C13H19N5OS/c1-8-6-10(14)20-11(8)13-15-12(16-19-13)9-7-17(2)4-5-18(9)3/h6,9H,4-5,7,14H2,1-3H3. The maximum atomic E-state index is 5.82. The molecule has 0 amide bonds. The number of rotatable bonds is 2. The van der Waals surface area contributed by atoms with Crippen molar-refractivity contribution in [1.82, 2.24) is 19.9 Å². The highest BCUT2D eigenvalue weighted by Crippen LogP contribution is 2.33. The minimum absolute atomic E-state index is 0.184. The molecule has 2 aromatic heterocycles. The van der Waals surface area contributed by atoms with Crippen molar-refractivity contribution in [2.24, 2.45) is 0 Å². The van der Waals surface area contributed by atoms with Crippen LogP contribution in [0.25, 0.3) is 10.8 Å². The van der Waals surface area contributed by atoms with Crippen LogP contribution in [-0.4, -0.2) is 53.7 Å². The van der Waals surface area contributed by atoms with Gasteiger partial charge in [-0.15, -0.1) is 11.3 Å². The number of likely N-dealkylation sites (N-methyl/N-ethyl adjacent to an activating group) is 2. The van der Waals surface area contributed by atoms with Crippen molar-refractivity contribution in [3.8, 4) is 10.8 Å². The Morgan fingerprint density at radius 3 is 2.90 bits per heavy atom. The second-order valence-electron chi connectivity index (χ2n) is 5.38. The van der Waals surface area contributed by atoms with Gasteiger partial charge in [0.2, 0.25) is 0 Å². The number of nitrogens with two attached hydrogens (primary N) is 1. The van der Waals surface area contributed by atoms with E-state index in [9.17, 15) is 0 Å². The maximum Gasteiger partial charge on any atom is 0.268 e. The normalized spacial score (nSPS) is 21.4. The average molecular weight is 293 g/mol. The summed E-state index contributed by atoms with van der Waals surface area (Å²) in [6.45, 7) is 5.00. The molecule has 6 nitrogen and oxygen atoms in total. The van der Waals surface area contributed by atoms with Gasteiger partial charge in [0.15, 0.2) is 5.82 Å². The van der Waals surface area contributed by atoms with Crippen molar-refractivity contribution in [1.29, 1.82) is 0 Å². The molecule has 108 valence electrons. The maximum absolute atomic E-state index is 5.82. The van der Waals surface area contributed by atoms with Crippen molar-refractivity contribution >= 4 is 16.3 Å². The zero-order chi connectivity index (χ0) is 14.3. The zero-order valence-corrected chi connectivity index (χ0v) is 12.8. The number of piperazine rings is 1. The fourth-order valence-corrected chi connectivity index (χ4v) is 3.33. The summed E-state index contributed by atoms with van der Waals surface area (Å²) in [6, 6.07) is 2.12. The Bertz CT molecular complexity index is 608. The van der Waals surface area contributed by atoms with E-state index in [0.29, 0.717) is 5.89 Å². The highest BCUT2D eigenvalue weighted by Gasteiger charge is 2.28. The van der Waals surface area contributed by atoms with Crippen LogP contribution in [0.2, 0.25) is 0 Å². The largest absolute Gasteiger partial charge is 0.391 e. The van der Waals surface area contributed by atoms with Gasteiger partial charge in [-0.3, -0.25) is 4.90 Å². The fraction of sp³-hybridized carbons (Fsp3) is 0.538. The number of anilines is 1. The summed E-state index contributed by atoms with van der Waals surface area (Å²) in [5, 5.41) is 4.93. The third kappa shape index (κ3) is 2.44. The van der Waals surface area contributed by atoms with Gasteiger partial charge >= 0.3 is 0 Å². The number of thiophene rings is 1. The molecule has 1 aliphatic heterocycles. The Kier molecular flexibility index (Phi) is 3.49. The van der Waals surface area contributed by atoms with Gasteiger partial charge in [-0.25, -0.2) is 0 Å². The number of nitrogen functional groups attached to an aromatic ring is 1. The monoisotopic (exact) mass is 293 g/mol. The lowest BCUT2D eigenvalue weighted by Crippen LogP contribution is -2.45. The minimum atomic E-state index is 0.184. The number of aryl methyl sites for hydroxylation is 1. The molecule has 1 saturated heterocycles. The molecule has 20 heavy (non-hydrogen) atoms. The topological polar surface area (TPSA) is 71.4 Å². The van der Waals surface area contributed by atoms with Gasteiger partial charge in [-0.05, 0) is 32.6 Å². The zero-order valence-electron chi connectivity index (χ0n) is 12.0. The molecule has 0 radical (unpaired) electrons. The summed E-state index contributed by atoms with van der Waals surface area (Å²) < 4.78 is 5.43. The lowest BCUT2D eigenvalue weighted by Gasteiger charge is -2.35. The molecule has 0 aliphatic carbocycles. The van der Waals surface area contributed by atoms with Crippen molar-refractivity contribution in [3.63, 3.8) is 0 Å². The van der Waals surface area contributed by atoms with Gasteiger partial charge in [0.05, 0.1) is 15.9 Å². The molecule has 1 unspecified atom stereocenters. The van der Waals surface area contributed by atoms with Gasteiger partial charge in [-0.2, -0.15) is 4.98 Å². The van der Waals surface area contributed by atoms with Crippen LogP contribution in [-0.2, 0) is 0 Å². The summed E-state index contributed by atoms with van der Waals surface area (Å²) in [4.78, 5) is 10.1. The van der Waals surface area contributed by atoms with Crippen molar-refractivity contribution in [2.75, 3.05) is 39.5 Å². The van der Waals surface area contributed by atoms with Gasteiger partial charge in [0, 0.05) is 19.6 Å². The van der Waals surface area contributed by atoms with Crippen LogP contribution in [0.4, 0.5) is 5.00 Å². The van der Waals surface area contributed by atoms with Crippen molar-refractivity contribution in [2.45, 2.75) is 13.0 Å². The molecule has 0 aromatic carbocycles. The van der Waals surface area contributed by atoms with E-state index >= 15 is 0 Å². The summed E-state index contributed by atoms with van der Waals surface area (Å²) in [7, 11) is 4.22. The van der Waals surface area contributed by atoms with E-state index in [1.54, 1.807) is 0 Å². The number of aromatic nitrogens is 2. The molecule has 1 atom stereocenters. The Morgan fingerprint density at radius 2 is 2.20 bits per heavy atom. The highest BCUT2D eigenvalue weighted by molar-refractivity contribution is 7.19. The molecule has 0 bridgehead atoms. The molecule has 3 heterocycles. The lowest BCUT2D eigenvalue weighted by atomic mass is 10.2. The average Bonchev–Trinajstić information content (AvgIpc) is 2.99. The molecule has 3 rings (SSSR count). The Balaban J connectivity index is 1.88. The first-order valence-corrected chi connectivity index (χ1v) is 7.45. The van der Waals surface area contributed by atoms with Gasteiger partial charge < -0.3 is 15.2 Å². The molecule has 0 saturated carbocycles. The van der Waals surface area contributed by atoms with Crippen LogP contribution >= 0.6 is 11.3 Å². The Hall–Kier alpha value is -1.44. The summed E-state index contributed by atoms with van der Waals surface area (Å²) in [6.07, 6.45) is 0. The SMILES string of the molecule is Cc1cc(N)sc1-c1nc(C2CN(C)CCN2C)no1. The fourth-order valence-electron chi connectivity index (χ4n) is 2.47. The molecule has 1 aliphatic rings. The van der Waals surface area contributed by atoms with Crippen LogP contribution in [0.5, 0.6) is 0 Å². The first-order valence-electron chi connectivity index (χ1n) is 6.63. The Labute approximate surface area is 122 Å². The van der Waals surface area contributed by atoms with Crippen LogP contribution in [0.3, 0.4) is 0 Å². The van der Waals surface area contributed by atoms with Gasteiger partial charge in [0.1, 0.15) is 0 Å². The van der Waals surface area contributed by atoms with Gasteiger partial charge in [-0.1, -0.05) is 5.16 Å². The second kappa shape index (κ2) is 5.16. The van der Waals surface area contributed by atoms with Crippen LogP contribution < -0.4 is 5.73 Å². The summed E-state index contributed by atoms with van der Waals surface area (Å²) in [5.41, 5.74) is 6.90. The van der Waals surface area contributed by atoms with E-state index in [0.717, 1.165) is 40.9 Å². The molecule has 0 spiro atoms. The summed E-state index contributed by atoms with van der Waals surface area (Å²) in [5.74, 6) is 1.32. The van der Waals surface area contributed by atoms with Crippen LogP contribution in [0.15, 0.2) is 10.6 Å². The van der Waals surface area contributed by atoms with E-state index in [1.807, 2.05) is 13.0 Å². The van der Waals surface area contributed by atoms with Gasteiger partial charge in [0.25, 0.3) is 5.89 Å². The lowest BCUT2D eigenvalue weighted by molar-refractivity contribution is 0.108. The number of nitrogens with zero attached hydrogens (tertiary/aromatic N) is 4. The predicted molar refractivity (Wildman–Crippen MR) is 79.6 cm³/mol. The van der Waals surface area contributed by atoms with E-state index in [1.165, 1.54) is 11.3 Å². The Morgan fingerprint density at radius 1 is 1.40 bits per heavy atom. The number of hydrogen-bond acceptors (Lipinski definition) is 7. The predicted octanol–water partition coefficient (Wildman–Crippen LogP) is 1.61. The van der Waals surface area contributed by atoms with Crippen molar-refractivity contribution < 1.29 is 4.52 Å². The van der Waals surface area contributed by atoms with Crippen LogP contribution in [0.1, 0.15) is 17.4 Å². The molecule has 2 aromatic rings. The van der Waals surface area contributed by atoms with E-state index in [4.69, 9.17) is 10.3 Å². The van der Waals surface area contributed by atoms with E-state index < -0.39 is 0 Å². The van der Waals surface area contributed by atoms with Crippen LogP contribution in [0, 0.1) is 6.92 Å². The molecule has 7 heteroatoms. The highest BCUT2D eigenvalue weighted by atomic mass is 32.1. The third-order valence-corrected chi connectivity index (χ3v) is 4.78. The summed E-state index contributed by atoms with van der Waals surface area (Å²) >= 11 is 1.49. The minimum Gasteiger partial charge on any atom is -0.391 e. The molecule has 2 N–H and O–H groups in total. The molecular formula is C13H19N5OS. The third-order valence-electron chi connectivity index (χ3n) is 3.72. The molecule has 1 fully saturated rings. The van der Waals surface area contributed by atoms with E-state index in [2.05, 4.69) is 34.0 Å². The first-order chi connectivity index (χ1) is 9.54.